The molecule has 0 radical (unpaired) electrons. The van der Waals surface area contributed by atoms with Gasteiger partial charge in [-0.2, -0.15) is 5.10 Å². The fourth-order valence-corrected chi connectivity index (χ4v) is 3.53. The molecule has 1 saturated heterocycles. The lowest BCUT2D eigenvalue weighted by Crippen LogP contribution is -2.24. The Hall–Kier alpha value is -3.12. The number of anilines is 2. The molecule has 7 heteroatoms. The van der Waals surface area contributed by atoms with Crippen LogP contribution in [0.1, 0.15) is 28.8 Å². The van der Waals surface area contributed by atoms with Crippen LogP contribution in [0.2, 0.25) is 5.02 Å². The molecule has 6 nitrogen and oxygen atoms in total. The first-order chi connectivity index (χ1) is 13.6. The maximum absolute atomic E-state index is 12.5. The Morgan fingerprint density at radius 1 is 1.18 bits per heavy atom. The highest BCUT2D eigenvalue weighted by atomic mass is 35.5. The van der Waals surface area contributed by atoms with Crippen LogP contribution in [0.25, 0.3) is 0 Å². The van der Waals surface area contributed by atoms with Gasteiger partial charge in [0.25, 0.3) is 5.91 Å². The number of amides is 2. The van der Waals surface area contributed by atoms with E-state index in [-0.39, 0.29) is 11.8 Å². The van der Waals surface area contributed by atoms with Crippen molar-refractivity contribution in [1.29, 1.82) is 0 Å². The maximum Gasteiger partial charge on any atom is 0.258 e. The van der Waals surface area contributed by atoms with Gasteiger partial charge in [-0.1, -0.05) is 41.9 Å². The molecule has 4 rings (SSSR count). The van der Waals surface area contributed by atoms with Crippen LogP contribution in [0.5, 0.6) is 0 Å². The van der Waals surface area contributed by atoms with Gasteiger partial charge in [0, 0.05) is 24.8 Å². The van der Waals surface area contributed by atoms with E-state index in [0.29, 0.717) is 41.5 Å². The highest BCUT2D eigenvalue weighted by molar-refractivity contribution is 6.34. The highest BCUT2D eigenvalue weighted by Crippen LogP contribution is 2.31. The molecular weight excluding hydrogens is 376 g/mol. The Bertz CT molecular complexity index is 1020. The van der Waals surface area contributed by atoms with Crippen LogP contribution >= 0.6 is 11.6 Å². The Kier molecular flexibility index (Phi) is 5.12. The second kappa shape index (κ2) is 7.86. The van der Waals surface area contributed by atoms with Gasteiger partial charge in [0.15, 0.2) is 0 Å². The third-order valence-electron chi connectivity index (χ3n) is 4.65. The van der Waals surface area contributed by atoms with Gasteiger partial charge in [-0.05, 0) is 30.2 Å². The van der Waals surface area contributed by atoms with E-state index in [9.17, 15) is 9.59 Å². The lowest BCUT2D eigenvalue weighted by Gasteiger charge is -2.18. The number of carbonyl (C=O) groups is 2. The van der Waals surface area contributed by atoms with Crippen LogP contribution in [0.15, 0.2) is 60.9 Å². The van der Waals surface area contributed by atoms with Gasteiger partial charge in [-0.3, -0.25) is 14.3 Å². The zero-order valence-electron chi connectivity index (χ0n) is 15.1. The average Bonchev–Trinajstić information content (AvgIpc) is 3.32. The van der Waals surface area contributed by atoms with E-state index >= 15 is 0 Å². The van der Waals surface area contributed by atoms with Crippen LogP contribution in [-0.2, 0) is 11.3 Å². The van der Waals surface area contributed by atoms with Crippen molar-refractivity contribution in [3.05, 3.63) is 77.1 Å². The molecule has 2 aromatic carbocycles. The lowest BCUT2D eigenvalue weighted by atomic mass is 10.2. The summed E-state index contributed by atoms with van der Waals surface area (Å²) in [6, 6.07) is 15.1. The first-order valence-corrected chi connectivity index (χ1v) is 9.45. The molecule has 0 saturated carbocycles. The smallest absolute Gasteiger partial charge is 0.258 e. The molecule has 2 amide bonds. The summed E-state index contributed by atoms with van der Waals surface area (Å²) in [6.45, 7) is 1.27. The summed E-state index contributed by atoms with van der Waals surface area (Å²) in [5.74, 6) is -0.190. The maximum atomic E-state index is 12.5. The Balaban J connectivity index is 1.44. The quantitative estimate of drug-likeness (QED) is 0.712. The van der Waals surface area contributed by atoms with Gasteiger partial charge in [0.2, 0.25) is 5.91 Å². The second-order valence-electron chi connectivity index (χ2n) is 6.68. The number of hydrogen-bond acceptors (Lipinski definition) is 3. The number of nitrogens with zero attached hydrogens (tertiary/aromatic N) is 3. The molecule has 2 heterocycles. The van der Waals surface area contributed by atoms with Gasteiger partial charge in [-0.25, -0.2) is 0 Å². The Labute approximate surface area is 167 Å². The van der Waals surface area contributed by atoms with Crippen molar-refractivity contribution in [3.63, 3.8) is 0 Å². The molecule has 142 valence electrons. The zero-order valence-corrected chi connectivity index (χ0v) is 15.9. The van der Waals surface area contributed by atoms with Crippen molar-refractivity contribution in [2.75, 3.05) is 16.8 Å². The largest absolute Gasteiger partial charge is 0.322 e. The lowest BCUT2D eigenvalue weighted by molar-refractivity contribution is -0.117. The van der Waals surface area contributed by atoms with Crippen molar-refractivity contribution in [3.8, 4) is 0 Å². The van der Waals surface area contributed by atoms with Crippen molar-refractivity contribution in [2.45, 2.75) is 19.4 Å². The SMILES string of the molecule is O=C(Nc1ccc(N2CCCC2=O)c(Cl)c1)c1cnn(Cc2ccccc2)c1. The molecule has 1 aliphatic rings. The van der Waals surface area contributed by atoms with Crippen molar-refractivity contribution in [1.82, 2.24) is 9.78 Å². The summed E-state index contributed by atoms with van der Waals surface area (Å²) in [4.78, 5) is 26.1. The minimum atomic E-state index is -0.264. The summed E-state index contributed by atoms with van der Waals surface area (Å²) < 4.78 is 1.72. The molecule has 0 unspecified atom stereocenters. The van der Waals surface area contributed by atoms with Crippen LogP contribution in [0.3, 0.4) is 0 Å². The fraction of sp³-hybridized carbons (Fsp3) is 0.190. The summed E-state index contributed by atoms with van der Waals surface area (Å²) in [5.41, 5.74) is 2.82. The number of benzene rings is 2. The minimum absolute atomic E-state index is 0.0736. The van der Waals surface area contributed by atoms with E-state index in [1.807, 2.05) is 30.3 Å². The molecule has 0 spiro atoms. The number of carbonyl (C=O) groups excluding carboxylic acids is 2. The van der Waals surface area contributed by atoms with Crippen molar-refractivity contribution < 1.29 is 9.59 Å². The summed E-state index contributed by atoms with van der Waals surface area (Å²) in [5, 5.41) is 7.51. The number of rotatable bonds is 5. The van der Waals surface area contributed by atoms with Crippen LogP contribution in [0, 0.1) is 0 Å². The van der Waals surface area contributed by atoms with E-state index in [4.69, 9.17) is 11.6 Å². The van der Waals surface area contributed by atoms with Gasteiger partial charge < -0.3 is 10.2 Å². The van der Waals surface area contributed by atoms with E-state index in [0.717, 1.165) is 12.0 Å². The summed E-state index contributed by atoms with van der Waals surface area (Å²) in [7, 11) is 0. The first kappa shape index (κ1) is 18.3. The predicted octanol–water partition coefficient (Wildman–Crippen LogP) is 3.96. The van der Waals surface area contributed by atoms with Crippen LogP contribution < -0.4 is 10.2 Å². The van der Waals surface area contributed by atoms with Crippen LogP contribution in [0.4, 0.5) is 11.4 Å². The minimum Gasteiger partial charge on any atom is -0.322 e. The average molecular weight is 395 g/mol. The third-order valence-corrected chi connectivity index (χ3v) is 4.96. The fourth-order valence-electron chi connectivity index (χ4n) is 3.25. The molecule has 1 aliphatic heterocycles. The van der Waals surface area contributed by atoms with Gasteiger partial charge in [0.05, 0.1) is 29.0 Å². The summed E-state index contributed by atoms with van der Waals surface area (Å²) in [6.07, 6.45) is 4.63. The third kappa shape index (κ3) is 3.92. The first-order valence-electron chi connectivity index (χ1n) is 9.08. The standard InChI is InChI=1S/C21H19ClN4O2/c22-18-11-17(8-9-19(18)26-10-4-7-20(26)27)24-21(28)16-12-23-25(14-16)13-15-5-2-1-3-6-15/h1-3,5-6,8-9,11-12,14H,4,7,10,13H2,(H,24,28). The molecule has 0 atom stereocenters. The van der Waals surface area contributed by atoms with Crippen LogP contribution in [-0.4, -0.2) is 28.1 Å². The Morgan fingerprint density at radius 3 is 2.71 bits per heavy atom. The van der Waals surface area contributed by atoms with E-state index in [2.05, 4.69) is 10.4 Å². The number of hydrogen-bond donors (Lipinski definition) is 1. The van der Waals surface area contributed by atoms with Crippen molar-refractivity contribution in [2.24, 2.45) is 0 Å². The van der Waals surface area contributed by atoms with Gasteiger partial charge >= 0.3 is 0 Å². The molecule has 1 aromatic heterocycles. The molecule has 3 aromatic rings. The van der Waals surface area contributed by atoms with Crippen molar-refractivity contribution >= 4 is 34.8 Å². The Morgan fingerprint density at radius 2 is 2.00 bits per heavy atom. The summed E-state index contributed by atoms with van der Waals surface area (Å²) >= 11 is 6.34. The number of halogens is 1. The van der Waals surface area contributed by atoms with E-state index in [1.54, 1.807) is 34.0 Å². The molecule has 28 heavy (non-hydrogen) atoms. The van der Waals surface area contributed by atoms with E-state index in [1.165, 1.54) is 6.20 Å². The monoisotopic (exact) mass is 394 g/mol. The predicted molar refractivity (Wildman–Crippen MR) is 109 cm³/mol. The highest BCUT2D eigenvalue weighted by Gasteiger charge is 2.23. The molecule has 1 fully saturated rings. The van der Waals surface area contributed by atoms with E-state index < -0.39 is 0 Å². The number of aromatic nitrogens is 2. The molecule has 1 N–H and O–H groups in total. The second-order valence-corrected chi connectivity index (χ2v) is 7.09. The van der Waals surface area contributed by atoms with Gasteiger partial charge in [-0.15, -0.1) is 0 Å². The molecular formula is C21H19ClN4O2. The molecule has 0 bridgehead atoms. The van der Waals surface area contributed by atoms with Gasteiger partial charge in [0.1, 0.15) is 0 Å². The molecule has 0 aliphatic carbocycles. The number of nitrogens with one attached hydrogen (secondary N) is 1. The zero-order chi connectivity index (χ0) is 19.5. The normalized spacial score (nSPS) is 13.8. The topological polar surface area (TPSA) is 67.2 Å².